The summed E-state index contributed by atoms with van der Waals surface area (Å²) in [6.07, 6.45) is 15.3. The van der Waals surface area contributed by atoms with Crippen molar-refractivity contribution in [2.24, 2.45) is 0 Å². The lowest BCUT2D eigenvalue weighted by Gasteiger charge is -2.23. The van der Waals surface area contributed by atoms with Crippen LogP contribution in [0.3, 0.4) is 0 Å². The number of fused-ring (bicyclic) bond motifs is 1. The van der Waals surface area contributed by atoms with E-state index in [2.05, 4.69) is 40.9 Å². The van der Waals surface area contributed by atoms with Crippen molar-refractivity contribution >= 4 is 33.9 Å². The predicted octanol–water partition coefficient (Wildman–Crippen LogP) is 6.46. The quantitative estimate of drug-likeness (QED) is 0.339. The van der Waals surface area contributed by atoms with Crippen molar-refractivity contribution in [1.29, 1.82) is 0 Å². The van der Waals surface area contributed by atoms with E-state index in [0.29, 0.717) is 6.04 Å². The third kappa shape index (κ3) is 6.19. The molecule has 0 spiro atoms. The lowest BCUT2D eigenvalue weighted by atomic mass is 9.94. The van der Waals surface area contributed by atoms with E-state index < -0.39 is 0 Å². The maximum Gasteiger partial charge on any atom is 0.0659 e. The first kappa shape index (κ1) is 17.7. The van der Waals surface area contributed by atoms with Crippen LogP contribution in [0, 0.1) is 2.88 Å². The summed E-state index contributed by atoms with van der Waals surface area (Å²) in [5.74, 6) is 0. The first-order chi connectivity index (χ1) is 10.3. The van der Waals surface area contributed by atoms with Crippen molar-refractivity contribution in [2.45, 2.75) is 83.6 Å². The molecule has 1 aliphatic rings. The van der Waals surface area contributed by atoms with E-state index in [1.54, 1.807) is 10.4 Å². The second-order valence-corrected chi connectivity index (χ2v) is 9.33. The molecule has 0 aliphatic heterocycles. The number of hydrogen-bond acceptors (Lipinski definition) is 2. The molecule has 2 rings (SSSR count). The molecule has 1 heterocycles. The molecule has 1 atom stereocenters. The van der Waals surface area contributed by atoms with Crippen molar-refractivity contribution in [2.75, 3.05) is 6.54 Å². The monoisotopic (exact) mass is 419 g/mol. The number of unbranched alkanes of at least 4 members (excludes halogenated alkanes) is 7. The summed E-state index contributed by atoms with van der Waals surface area (Å²) in [7, 11) is 0. The van der Waals surface area contributed by atoms with Crippen LogP contribution < -0.4 is 5.32 Å². The van der Waals surface area contributed by atoms with Crippen molar-refractivity contribution in [1.82, 2.24) is 5.32 Å². The number of rotatable bonds is 10. The van der Waals surface area contributed by atoms with Gasteiger partial charge in [0, 0.05) is 10.9 Å². The Morgan fingerprint density at radius 3 is 2.62 bits per heavy atom. The Morgan fingerprint density at radius 1 is 1.14 bits per heavy atom. The normalized spacial score (nSPS) is 17.9. The van der Waals surface area contributed by atoms with Gasteiger partial charge in [-0.1, -0.05) is 51.9 Å². The van der Waals surface area contributed by atoms with E-state index in [4.69, 9.17) is 0 Å². The Morgan fingerprint density at radius 2 is 1.86 bits per heavy atom. The fourth-order valence-electron chi connectivity index (χ4n) is 3.27. The zero-order valence-electron chi connectivity index (χ0n) is 13.4. The van der Waals surface area contributed by atoms with E-state index in [0.717, 1.165) is 0 Å². The molecule has 1 unspecified atom stereocenters. The average molecular weight is 419 g/mol. The van der Waals surface area contributed by atoms with Crippen LogP contribution in [0.1, 0.15) is 87.6 Å². The molecular formula is C18H30INS. The second-order valence-electron chi connectivity index (χ2n) is 6.30. The molecule has 0 aromatic carbocycles. The SMILES string of the molecule is CCCCCCCCCCNC1CCCc2sc(I)cc21. The van der Waals surface area contributed by atoms with Gasteiger partial charge in [-0.25, -0.2) is 0 Å². The molecule has 21 heavy (non-hydrogen) atoms. The first-order valence-corrected chi connectivity index (χ1v) is 10.7. The van der Waals surface area contributed by atoms with E-state index in [1.807, 2.05) is 11.3 Å². The highest BCUT2D eigenvalue weighted by atomic mass is 127. The number of halogens is 1. The highest BCUT2D eigenvalue weighted by Gasteiger charge is 2.21. The van der Waals surface area contributed by atoms with Crippen molar-refractivity contribution in [3.63, 3.8) is 0 Å². The number of nitrogens with one attached hydrogen (secondary N) is 1. The third-order valence-corrected chi connectivity index (χ3v) is 6.48. The molecule has 0 saturated heterocycles. The van der Waals surface area contributed by atoms with Gasteiger partial charge in [-0.05, 0) is 66.4 Å². The van der Waals surface area contributed by atoms with E-state index in [-0.39, 0.29) is 0 Å². The zero-order chi connectivity index (χ0) is 14.9. The molecule has 0 radical (unpaired) electrons. The van der Waals surface area contributed by atoms with Gasteiger partial charge in [0.15, 0.2) is 0 Å². The number of thiophene rings is 1. The minimum Gasteiger partial charge on any atom is -0.310 e. The van der Waals surface area contributed by atoms with Crippen LogP contribution in [-0.4, -0.2) is 6.54 Å². The summed E-state index contributed by atoms with van der Waals surface area (Å²) in [6.45, 7) is 3.49. The molecule has 1 aliphatic carbocycles. The minimum atomic E-state index is 0.637. The maximum absolute atomic E-state index is 3.81. The molecule has 0 saturated carbocycles. The fraction of sp³-hybridized carbons (Fsp3) is 0.778. The van der Waals surface area contributed by atoms with Crippen molar-refractivity contribution < 1.29 is 0 Å². The lowest BCUT2D eigenvalue weighted by molar-refractivity contribution is 0.450. The molecule has 0 amide bonds. The standard InChI is InChI=1S/C18H30INS/c1-2-3-4-5-6-7-8-9-13-20-16-11-10-12-17-15(16)14-18(19)21-17/h14,16,20H,2-13H2,1H3. The Labute approximate surface area is 148 Å². The van der Waals surface area contributed by atoms with Crippen LogP contribution in [0.2, 0.25) is 0 Å². The van der Waals surface area contributed by atoms with Gasteiger partial charge in [-0.15, -0.1) is 11.3 Å². The van der Waals surface area contributed by atoms with E-state index in [1.165, 1.54) is 80.1 Å². The largest absolute Gasteiger partial charge is 0.310 e. The van der Waals surface area contributed by atoms with Gasteiger partial charge in [0.1, 0.15) is 0 Å². The molecule has 0 fully saturated rings. The fourth-order valence-corrected chi connectivity index (χ4v) is 5.39. The molecular weight excluding hydrogens is 389 g/mol. The van der Waals surface area contributed by atoms with Gasteiger partial charge in [-0.3, -0.25) is 0 Å². The average Bonchev–Trinajstić information content (AvgIpc) is 2.86. The minimum absolute atomic E-state index is 0.637. The van der Waals surface area contributed by atoms with Crippen molar-refractivity contribution in [3.05, 3.63) is 19.4 Å². The first-order valence-electron chi connectivity index (χ1n) is 8.82. The van der Waals surface area contributed by atoms with Gasteiger partial charge in [0.05, 0.1) is 2.88 Å². The summed E-state index contributed by atoms with van der Waals surface area (Å²) >= 11 is 4.47. The molecule has 120 valence electrons. The maximum atomic E-state index is 3.81. The summed E-state index contributed by atoms with van der Waals surface area (Å²) in [4.78, 5) is 1.64. The van der Waals surface area contributed by atoms with Crippen molar-refractivity contribution in [3.8, 4) is 0 Å². The predicted molar refractivity (Wildman–Crippen MR) is 103 cm³/mol. The molecule has 1 aromatic rings. The highest BCUT2D eigenvalue weighted by Crippen LogP contribution is 2.36. The van der Waals surface area contributed by atoms with Crippen LogP contribution >= 0.6 is 33.9 Å². The summed E-state index contributed by atoms with van der Waals surface area (Å²) in [6, 6.07) is 3.04. The molecule has 1 N–H and O–H groups in total. The number of aryl methyl sites for hydroxylation is 1. The molecule has 3 heteroatoms. The van der Waals surface area contributed by atoms with Gasteiger partial charge in [-0.2, -0.15) is 0 Å². The number of hydrogen-bond donors (Lipinski definition) is 1. The Kier molecular flexibility index (Phi) is 8.63. The van der Waals surface area contributed by atoms with E-state index in [9.17, 15) is 0 Å². The van der Waals surface area contributed by atoms with Crippen LogP contribution in [0.5, 0.6) is 0 Å². The van der Waals surface area contributed by atoms with Gasteiger partial charge in [0.2, 0.25) is 0 Å². The van der Waals surface area contributed by atoms with Crippen LogP contribution in [0.15, 0.2) is 6.07 Å². The zero-order valence-corrected chi connectivity index (χ0v) is 16.4. The van der Waals surface area contributed by atoms with Gasteiger partial charge in [0.25, 0.3) is 0 Å². The summed E-state index contributed by atoms with van der Waals surface area (Å²) < 4.78 is 1.46. The summed E-state index contributed by atoms with van der Waals surface area (Å²) in [5, 5.41) is 3.81. The highest BCUT2D eigenvalue weighted by molar-refractivity contribution is 14.1. The summed E-state index contributed by atoms with van der Waals surface area (Å²) in [5.41, 5.74) is 1.61. The Balaban J connectivity index is 1.55. The van der Waals surface area contributed by atoms with Gasteiger partial charge >= 0.3 is 0 Å². The smallest absolute Gasteiger partial charge is 0.0659 e. The van der Waals surface area contributed by atoms with E-state index >= 15 is 0 Å². The van der Waals surface area contributed by atoms with Gasteiger partial charge < -0.3 is 5.32 Å². The molecule has 0 bridgehead atoms. The van der Waals surface area contributed by atoms with Crippen LogP contribution in [0.25, 0.3) is 0 Å². The van der Waals surface area contributed by atoms with Crippen LogP contribution in [0.4, 0.5) is 0 Å². The third-order valence-electron chi connectivity index (χ3n) is 4.50. The Bertz CT molecular complexity index is 402. The van der Waals surface area contributed by atoms with Crippen LogP contribution in [-0.2, 0) is 6.42 Å². The lowest BCUT2D eigenvalue weighted by Crippen LogP contribution is -2.25. The molecule has 1 aromatic heterocycles. The second kappa shape index (κ2) is 10.2. The Hall–Kier alpha value is 0.390. The topological polar surface area (TPSA) is 12.0 Å². The molecule has 1 nitrogen and oxygen atoms in total.